The number of piperidine rings is 1. The predicted octanol–water partition coefficient (Wildman–Crippen LogP) is 4.46. The van der Waals surface area contributed by atoms with Gasteiger partial charge >= 0.3 is 0 Å². The smallest absolute Gasteiger partial charge is 0.275 e. The molecule has 3 heterocycles. The minimum atomic E-state index is -0.245. The number of thiazole rings is 1. The van der Waals surface area contributed by atoms with Crippen LogP contribution in [-0.4, -0.2) is 36.1 Å². The maximum atomic E-state index is 12.6. The summed E-state index contributed by atoms with van der Waals surface area (Å²) in [6.45, 7) is 2.09. The average molecular weight is 395 g/mol. The first-order chi connectivity index (χ1) is 13.7. The topological polar surface area (TPSA) is 67.3 Å². The molecule has 1 aromatic carbocycles. The van der Waals surface area contributed by atoms with Crippen molar-refractivity contribution in [2.45, 2.75) is 19.3 Å². The maximum Gasteiger partial charge on any atom is 0.275 e. The van der Waals surface area contributed by atoms with Gasteiger partial charge in [0.2, 0.25) is 0 Å². The number of hydrogen-bond donors (Lipinski definition) is 1. The second-order valence-electron chi connectivity index (χ2n) is 6.65. The minimum Gasteiger partial charge on any atom is -0.496 e. The van der Waals surface area contributed by atoms with Crippen LogP contribution in [0.15, 0.2) is 48.0 Å². The predicted molar refractivity (Wildman–Crippen MR) is 112 cm³/mol. The van der Waals surface area contributed by atoms with Crippen LogP contribution in [0.1, 0.15) is 29.8 Å². The van der Waals surface area contributed by atoms with E-state index >= 15 is 0 Å². The highest BCUT2D eigenvalue weighted by molar-refractivity contribution is 7.13. The Labute approximate surface area is 168 Å². The molecule has 1 aliphatic heterocycles. The lowest BCUT2D eigenvalue weighted by molar-refractivity contribution is 0.102. The molecule has 0 saturated carbocycles. The number of ether oxygens (including phenoxy) is 1. The molecule has 4 rings (SSSR count). The fourth-order valence-electron chi connectivity index (χ4n) is 3.29. The van der Waals surface area contributed by atoms with Crippen molar-refractivity contribution >= 4 is 28.7 Å². The first-order valence-corrected chi connectivity index (χ1v) is 10.2. The van der Waals surface area contributed by atoms with E-state index in [1.807, 2.05) is 36.4 Å². The van der Waals surface area contributed by atoms with Gasteiger partial charge in [0.25, 0.3) is 5.91 Å². The summed E-state index contributed by atoms with van der Waals surface area (Å²) in [5.41, 5.74) is 1.92. The zero-order valence-corrected chi connectivity index (χ0v) is 16.5. The highest BCUT2D eigenvalue weighted by atomic mass is 32.1. The van der Waals surface area contributed by atoms with Crippen molar-refractivity contribution in [2.75, 3.05) is 30.4 Å². The Kier molecular flexibility index (Phi) is 5.53. The molecule has 7 heteroatoms. The molecule has 1 fully saturated rings. The molecule has 1 amide bonds. The number of rotatable bonds is 5. The molecule has 144 valence electrons. The number of carbonyl (C=O) groups excluding carboxylic acids is 1. The van der Waals surface area contributed by atoms with Crippen molar-refractivity contribution in [2.24, 2.45) is 0 Å². The summed E-state index contributed by atoms with van der Waals surface area (Å²) in [4.78, 5) is 23.8. The Bertz CT molecular complexity index is 949. The number of aromatic nitrogens is 2. The number of para-hydroxylation sites is 1. The number of methoxy groups -OCH3 is 1. The van der Waals surface area contributed by atoms with Gasteiger partial charge in [0.1, 0.15) is 22.3 Å². The molecule has 0 radical (unpaired) electrons. The summed E-state index contributed by atoms with van der Waals surface area (Å²) in [7, 11) is 1.63. The van der Waals surface area contributed by atoms with Gasteiger partial charge in [0.15, 0.2) is 0 Å². The van der Waals surface area contributed by atoms with Crippen molar-refractivity contribution in [1.29, 1.82) is 0 Å². The SMILES string of the molecule is COc1ccccc1-c1nc(C(=O)Nc2ccc(N3CCCCC3)nc2)cs1. The highest BCUT2D eigenvalue weighted by Gasteiger charge is 2.16. The standard InChI is InChI=1S/C21H22N4O2S/c1-27-18-8-4-3-7-16(18)21-24-17(14-28-21)20(26)23-15-9-10-19(22-13-15)25-11-5-2-6-12-25/h3-4,7-10,13-14H,2,5-6,11-12H2,1H3,(H,23,26). The summed E-state index contributed by atoms with van der Waals surface area (Å²) in [5.74, 6) is 1.45. The average Bonchev–Trinajstić information content (AvgIpc) is 3.25. The number of anilines is 2. The molecule has 1 saturated heterocycles. The first kappa shape index (κ1) is 18.4. The number of nitrogens with zero attached hydrogens (tertiary/aromatic N) is 3. The lowest BCUT2D eigenvalue weighted by Crippen LogP contribution is -2.30. The van der Waals surface area contributed by atoms with E-state index in [9.17, 15) is 4.79 Å². The molecular formula is C21H22N4O2S. The molecule has 0 atom stereocenters. The van der Waals surface area contributed by atoms with Crippen LogP contribution >= 0.6 is 11.3 Å². The van der Waals surface area contributed by atoms with Gasteiger partial charge < -0.3 is 15.0 Å². The van der Waals surface area contributed by atoms with Crippen molar-refractivity contribution in [3.8, 4) is 16.3 Å². The van der Waals surface area contributed by atoms with E-state index in [2.05, 4.69) is 20.2 Å². The third-order valence-electron chi connectivity index (χ3n) is 4.76. The molecule has 0 bridgehead atoms. The van der Waals surface area contributed by atoms with Crippen LogP contribution < -0.4 is 15.0 Å². The van der Waals surface area contributed by atoms with Crippen molar-refractivity contribution in [3.05, 3.63) is 53.7 Å². The Balaban J connectivity index is 1.45. The summed E-state index contributed by atoms with van der Waals surface area (Å²) in [6.07, 6.45) is 5.40. The molecule has 1 N–H and O–H groups in total. The minimum absolute atomic E-state index is 0.245. The van der Waals surface area contributed by atoms with E-state index in [1.54, 1.807) is 18.7 Å². The lowest BCUT2D eigenvalue weighted by atomic mass is 10.1. The van der Waals surface area contributed by atoms with E-state index in [1.165, 1.54) is 30.6 Å². The summed E-state index contributed by atoms with van der Waals surface area (Å²) in [5, 5.41) is 5.38. The monoisotopic (exact) mass is 394 g/mol. The molecule has 6 nitrogen and oxygen atoms in total. The molecule has 1 aliphatic rings. The normalized spacial score (nSPS) is 14.0. The number of amides is 1. The van der Waals surface area contributed by atoms with Crippen LogP contribution in [0.3, 0.4) is 0 Å². The van der Waals surface area contributed by atoms with Crippen LogP contribution in [0.5, 0.6) is 5.75 Å². The number of pyridine rings is 1. The molecule has 0 unspecified atom stereocenters. The fraction of sp³-hybridized carbons (Fsp3) is 0.286. The maximum absolute atomic E-state index is 12.6. The van der Waals surface area contributed by atoms with E-state index in [0.717, 1.165) is 35.2 Å². The van der Waals surface area contributed by atoms with E-state index in [-0.39, 0.29) is 5.91 Å². The van der Waals surface area contributed by atoms with E-state index in [4.69, 9.17) is 4.74 Å². The van der Waals surface area contributed by atoms with Crippen molar-refractivity contribution < 1.29 is 9.53 Å². The highest BCUT2D eigenvalue weighted by Crippen LogP contribution is 2.32. The van der Waals surface area contributed by atoms with E-state index < -0.39 is 0 Å². The van der Waals surface area contributed by atoms with Crippen molar-refractivity contribution in [1.82, 2.24) is 9.97 Å². The van der Waals surface area contributed by atoms with Crippen LogP contribution in [0.4, 0.5) is 11.5 Å². The second-order valence-corrected chi connectivity index (χ2v) is 7.50. The number of hydrogen-bond acceptors (Lipinski definition) is 6. The molecule has 28 heavy (non-hydrogen) atoms. The van der Waals surface area contributed by atoms with Gasteiger partial charge in [-0.1, -0.05) is 12.1 Å². The fourth-order valence-corrected chi connectivity index (χ4v) is 4.12. The third-order valence-corrected chi connectivity index (χ3v) is 5.64. The van der Waals surface area contributed by atoms with Crippen molar-refractivity contribution in [3.63, 3.8) is 0 Å². The molecular weight excluding hydrogens is 372 g/mol. The number of carbonyl (C=O) groups is 1. The zero-order valence-electron chi connectivity index (χ0n) is 15.7. The Morgan fingerprint density at radius 2 is 1.96 bits per heavy atom. The third kappa shape index (κ3) is 3.99. The largest absolute Gasteiger partial charge is 0.496 e. The molecule has 2 aromatic heterocycles. The summed E-state index contributed by atoms with van der Waals surface area (Å²) < 4.78 is 5.38. The lowest BCUT2D eigenvalue weighted by Gasteiger charge is -2.27. The van der Waals surface area contributed by atoms with Gasteiger partial charge in [-0.15, -0.1) is 11.3 Å². The van der Waals surface area contributed by atoms with Gasteiger partial charge in [0.05, 0.1) is 24.6 Å². The molecule has 3 aromatic rings. The van der Waals surface area contributed by atoms with Crippen LogP contribution in [-0.2, 0) is 0 Å². The van der Waals surface area contributed by atoms with Gasteiger partial charge in [0, 0.05) is 18.5 Å². The number of benzene rings is 1. The first-order valence-electron chi connectivity index (χ1n) is 9.36. The van der Waals surface area contributed by atoms with E-state index in [0.29, 0.717) is 11.4 Å². The van der Waals surface area contributed by atoms with Gasteiger partial charge in [-0.2, -0.15) is 0 Å². The molecule has 0 spiro atoms. The zero-order chi connectivity index (χ0) is 19.3. The quantitative estimate of drug-likeness (QED) is 0.692. The Hall–Kier alpha value is -2.93. The van der Waals surface area contributed by atoms with Gasteiger partial charge in [-0.05, 0) is 43.5 Å². The number of nitrogens with one attached hydrogen (secondary N) is 1. The van der Waals surface area contributed by atoms with Gasteiger partial charge in [-0.3, -0.25) is 4.79 Å². The van der Waals surface area contributed by atoms with Crippen LogP contribution in [0.25, 0.3) is 10.6 Å². The van der Waals surface area contributed by atoms with Crippen LogP contribution in [0.2, 0.25) is 0 Å². The Morgan fingerprint density at radius 1 is 1.14 bits per heavy atom. The summed E-state index contributed by atoms with van der Waals surface area (Å²) >= 11 is 1.42. The molecule has 0 aliphatic carbocycles. The summed E-state index contributed by atoms with van der Waals surface area (Å²) in [6, 6.07) is 11.5. The van der Waals surface area contributed by atoms with Crippen LogP contribution in [0, 0.1) is 0 Å². The Morgan fingerprint density at radius 3 is 2.71 bits per heavy atom. The second kappa shape index (κ2) is 8.39. The van der Waals surface area contributed by atoms with Gasteiger partial charge in [-0.25, -0.2) is 9.97 Å².